The van der Waals surface area contributed by atoms with E-state index in [1.165, 1.54) is 6.92 Å². The minimum atomic E-state index is -2.37. The average Bonchev–Trinajstić information content (AvgIpc) is 1.64. The van der Waals surface area contributed by atoms with Gasteiger partial charge in [-0.1, -0.05) is 17.6 Å². The SMILES string of the molecule is [B][PH](=O)C(C)[S-](=O)=O.[Rf].[Rf]. The van der Waals surface area contributed by atoms with Crippen LogP contribution in [0.3, 0.4) is 0 Å². The minimum absolute atomic E-state index is 0. The first-order chi connectivity index (χ1) is 3.55. The predicted molar refractivity (Wildman–Crippen MR) is 33.0 cm³/mol. The zero-order valence-electron chi connectivity index (χ0n) is 5.70. The van der Waals surface area contributed by atoms with Gasteiger partial charge in [-0.15, -0.1) is 0 Å². The molecule has 2 radical (unpaired) electrons. The Morgan fingerprint density at radius 3 is 1.70 bits per heavy atom. The molecule has 0 aliphatic rings. The Bertz CT molecular complexity index is 164. The van der Waals surface area contributed by atoms with E-state index in [1.807, 2.05) is 0 Å². The van der Waals surface area contributed by atoms with Crippen LogP contribution in [0.25, 0.3) is 0 Å². The van der Waals surface area contributed by atoms with Crippen LogP contribution in [0, 0.1) is 0 Å². The zero-order chi connectivity index (χ0) is 6.73. The van der Waals surface area contributed by atoms with E-state index in [0.29, 0.717) is 0 Å². The van der Waals surface area contributed by atoms with Crippen LogP contribution in [-0.2, 0) is 23.7 Å². The van der Waals surface area contributed by atoms with Crippen LogP contribution in [0.4, 0.5) is 0 Å². The molecule has 0 fully saturated rings. The van der Waals surface area contributed by atoms with Gasteiger partial charge >= 0.3 is 0 Å². The third kappa shape index (κ3) is 4.41. The number of hydrogen-bond donors (Lipinski definition) is 0. The molecule has 0 heterocycles. The Hall–Kier alpha value is -1.76. The maximum Gasteiger partial charge on any atom is 0.158 e. The molecule has 0 saturated heterocycles. The minimum Gasteiger partial charge on any atom is -0.424 e. The third-order valence-corrected chi connectivity index (χ3v) is 3.34. The van der Waals surface area contributed by atoms with Crippen LogP contribution in [0.1, 0.15) is 6.92 Å². The van der Waals surface area contributed by atoms with E-state index in [-0.39, 0.29) is 0 Å². The Kier molecular flexibility index (Phi) is 8.47. The van der Waals surface area contributed by atoms with Crippen LogP contribution < -0.4 is 0 Å². The monoisotopic (exact) mass is 685 g/mol. The van der Waals surface area contributed by atoms with Crippen molar-refractivity contribution < 1.29 is 13.0 Å². The molecule has 0 aromatic heterocycles. The second-order valence-corrected chi connectivity index (χ2v) is 4.62. The third-order valence-electron chi connectivity index (χ3n) is 0.689. The molecule has 0 bridgehead atoms. The first kappa shape index (κ1) is 15.7. The van der Waals surface area contributed by atoms with Crippen molar-refractivity contribution in [2.75, 3.05) is 0 Å². The fourth-order valence-electron chi connectivity index (χ4n) is 0.0948. The quantitative estimate of drug-likeness (QED) is 0.239. The molecule has 0 saturated carbocycles. The summed E-state index contributed by atoms with van der Waals surface area (Å²) in [5.74, 6) is 0. The summed E-state index contributed by atoms with van der Waals surface area (Å²) in [7, 11) is 0.133. The van der Waals surface area contributed by atoms with Crippen LogP contribution in [-0.4, -0.2) is 12.6 Å². The Labute approximate surface area is 51.6 Å². The molecule has 2 atom stereocenters. The van der Waals surface area contributed by atoms with Crippen molar-refractivity contribution in [3.63, 3.8) is 0 Å². The van der Waals surface area contributed by atoms with Crippen molar-refractivity contribution >= 4 is 25.9 Å². The second kappa shape index (κ2) is 5.38. The van der Waals surface area contributed by atoms with E-state index in [4.69, 9.17) is 7.57 Å². The molecule has 8 heteroatoms. The fraction of sp³-hybridized carbons (Fsp3) is 1.00. The van der Waals surface area contributed by atoms with Crippen molar-refractivity contribution in [3.8, 4) is 0 Å². The fourth-order valence-corrected chi connectivity index (χ4v) is 0.854. The molecule has 10 heavy (non-hydrogen) atoms. The normalized spacial score (nSPS) is 14.6. The van der Waals surface area contributed by atoms with Crippen LogP contribution >= 0.6 is 7.68 Å². The summed E-state index contributed by atoms with van der Waals surface area (Å²) < 4.78 is 29.9. The molecule has 0 aliphatic heterocycles. The standard InChI is InChI=1S/C2H5BO3PS.2Rf/c1-2(7(3)4)8(5)6;;/h2,7H,1H3;;/q-1;;. The van der Waals surface area contributed by atoms with E-state index >= 15 is 0 Å². The van der Waals surface area contributed by atoms with E-state index in [9.17, 15) is 13.0 Å². The van der Waals surface area contributed by atoms with Crippen LogP contribution in [0.5, 0.6) is 0 Å². The van der Waals surface area contributed by atoms with Gasteiger partial charge in [0.25, 0.3) is 0 Å². The topological polar surface area (TPSA) is 51.2 Å². The first-order valence-corrected chi connectivity index (χ1v) is 4.63. The van der Waals surface area contributed by atoms with Gasteiger partial charge in [0.15, 0.2) is 7.57 Å². The van der Waals surface area contributed by atoms with Crippen molar-refractivity contribution in [1.29, 1.82) is 0 Å². The predicted octanol–water partition coefficient (Wildman–Crippen LogP) is 0.285. The number of rotatable bonds is 2. The van der Waals surface area contributed by atoms with Gasteiger partial charge in [0, 0.05) is 7.68 Å². The maximum atomic E-state index is 10.2. The Balaban J connectivity index is -0.000000245. The van der Waals surface area contributed by atoms with Crippen molar-refractivity contribution in [1.82, 2.24) is 0 Å². The molecule has 0 spiro atoms. The average molecular weight is 685 g/mol. The largest absolute Gasteiger partial charge is 0.424 e. The summed E-state index contributed by atoms with van der Waals surface area (Å²) in [6.07, 6.45) is 0. The summed E-state index contributed by atoms with van der Waals surface area (Å²) >= 11 is 0. The maximum absolute atomic E-state index is 10.2. The zero-order valence-corrected chi connectivity index (χ0v) is 20.3. The van der Waals surface area contributed by atoms with Crippen molar-refractivity contribution in [2.24, 2.45) is 0 Å². The molecule has 0 N–H and O–H groups in total. The second-order valence-electron chi connectivity index (χ2n) is 1.31. The molecule has 0 rings (SSSR count). The molecule has 0 amide bonds. The molecular weight excluding hydrogens is 680 g/mol. The summed E-state index contributed by atoms with van der Waals surface area (Å²) in [5, 5.41) is 0. The van der Waals surface area contributed by atoms with Crippen molar-refractivity contribution in [2.45, 2.75) is 11.9 Å². The molecule has 50 valence electrons. The smallest absolute Gasteiger partial charge is 0.158 e. The van der Waals surface area contributed by atoms with Gasteiger partial charge in [-0.2, -0.15) is 0 Å². The summed E-state index contributed by atoms with van der Waals surface area (Å²) in [6.45, 7) is 1.31. The van der Waals surface area contributed by atoms with Crippen LogP contribution in [0.2, 0.25) is 0 Å². The van der Waals surface area contributed by atoms with E-state index in [2.05, 4.69) is 0 Å². The van der Waals surface area contributed by atoms with Gasteiger partial charge in [0.1, 0.15) is 0 Å². The number of hydrogen-bond acceptors (Lipinski definition) is 4. The van der Waals surface area contributed by atoms with E-state index < -0.39 is 23.4 Å². The van der Waals surface area contributed by atoms with E-state index in [0.717, 1.165) is 0 Å². The van der Waals surface area contributed by atoms with Gasteiger partial charge in [-0.05, 0) is 4.99 Å². The molecule has 2 unspecified atom stereocenters. The summed E-state index contributed by atoms with van der Waals surface area (Å²) in [4.78, 5) is -0.889. The molecule has 0 aromatic rings. The van der Waals surface area contributed by atoms with Gasteiger partial charge in [-0.3, -0.25) is 0 Å². The molecule has 0 aliphatic carbocycles. The summed E-state index contributed by atoms with van der Waals surface area (Å²) in [6, 6.07) is 0. The first-order valence-electron chi connectivity index (χ1n) is 1.93. The van der Waals surface area contributed by atoms with E-state index in [1.54, 1.807) is 0 Å². The van der Waals surface area contributed by atoms with Gasteiger partial charge in [-0.25, -0.2) is 0 Å². The molecule has 0 aromatic carbocycles. The molecular formula is C2H5BO3PRf2S-. The van der Waals surface area contributed by atoms with Crippen molar-refractivity contribution in [3.05, 3.63) is 0 Å². The Morgan fingerprint density at radius 1 is 1.40 bits per heavy atom. The Morgan fingerprint density at radius 2 is 1.70 bits per heavy atom. The van der Waals surface area contributed by atoms with Crippen LogP contribution in [0.15, 0.2) is 0 Å². The van der Waals surface area contributed by atoms with Gasteiger partial charge in [0.05, 0.1) is 0 Å². The molecule has 3 nitrogen and oxygen atoms in total. The summed E-state index contributed by atoms with van der Waals surface area (Å²) in [5.41, 5.74) is 0. The van der Waals surface area contributed by atoms with Gasteiger partial charge in [0.2, 0.25) is 0 Å². The van der Waals surface area contributed by atoms with Gasteiger partial charge < -0.3 is 13.0 Å².